The molecule has 0 aromatic carbocycles. The Morgan fingerprint density at radius 2 is 1.21 bits per heavy atom. The van der Waals surface area contributed by atoms with Crippen molar-refractivity contribution in [3.8, 4) is 0 Å². The van der Waals surface area contributed by atoms with E-state index in [2.05, 4.69) is 10.6 Å². The molecule has 0 aliphatic heterocycles. The maximum absolute atomic E-state index is 11.1. The summed E-state index contributed by atoms with van der Waals surface area (Å²) in [4.78, 5) is 22.1. The molecular formula is C9H18LiN2O2. The SMILES string of the molecule is CC(C)NC(=O)CC(=O)NC(C)C.[Li]. The van der Waals surface area contributed by atoms with E-state index in [0.717, 1.165) is 0 Å². The predicted molar refractivity (Wildman–Crippen MR) is 56.9 cm³/mol. The number of hydrogen-bond acceptors (Lipinski definition) is 2. The molecule has 2 N–H and O–H groups in total. The minimum Gasteiger partial charge on any atom is -0.353 e. The Bertz CT molecular complexity index is 173. The van der Waals surface area contributed by atoms with Crippen LogP contribution >= 0.6 is 0 Å². The van der Waals surface area contributed by atoms with Crippen molar-refractivity contribution < 1.29 is 9.59 Å². The first-order chi connectivity index (χ1) is 5.91. The van der Waals surface area contributed by atoms with Crippen molar-refractivity contribution >= 4 is 30.7 Å². The maximum Gasteiger partial charge on any atom is 0.229 e. The van der Waals surface area contributed by atoms with Crippen LogP contribution < -0.4 is 10.6 Å². The van der Waals surface area contributed by atoms with E-state index in [-0.39, 0.29) is 49.2 Å². The number of amides is 2. The van der Waals surface area contributed by atoms with Crippen molar-refractivity contribution in [2.45, 2.75) is 46.2 Å². The first-order valence-electron chi connectivity index (χ1n) is 4.50. The van der Waals surface area contributed by atoms with Crippen molar-refractivity contribution in [1.82, 2.24) is 10.6 Å². The molecule has 0 aromatic heterocycles. The summed E-state index contributed by atoms with van der Waals surface area (Å²) in [7, 11) is 0. The molecule has 0 aliphatic carbocycles. The van der Waals surface area contributed by atoms with Crippen molar-refractivity contribution in [2.24, 2.45) is 0 Å². The van der Waals surface area contributed by atoms with Crippen molar-refractivity contribution in [3.05, 3.63) is 0 Å². The summed E-state index contributed by atoms with van der Waals surface area (Å²) in [6.45, 7) is 7.44. The molecule has 0 heterocycles. The van der Waals surface area contributed by atoms with Gasteiger partial charge in [0.2, 0.25) is 11.8 Å². The second-order valence-corrected chi connectivity index (χ2v) is 3.62. The van der Waals surface area contributed by atoms with Crippen LogP contribution in [0.4, 0.5) is 0 Å². The average molecular weight is 193 g/mol. The number of carbonyl (C=O) groups is 2. The van der Waals surface area contributed by atoms with Gasteiger partial charge >= 0.3 is 0 Å². The quantitative estimate of drug-likeness (QED) is 0.489. The zero-order chi connectivity index (χ0) is 10.4. The molecule has 0 aliphatic rings. The van der Waals surface area contributed by atoms with Gasteiger partial charge in [-0.25, -0.2) is 0 Å². The van der Waals surface area contributed by atoms with Gasteiger partial charge in [0.05, 0.1) is 0 Å². The van der Waals surface area contributed by atoms with E-state index in [1.54, 1.807) is 0 Å². The number of hydrogen-bond donors (Lipinski definition) is 2. The van der Waals surface area contributed by atoms with Gasteiger partial charge < -0.3 is 10.6 Å². The van der Waals surface area contributed by atoms with Crippen molar-refractivity contribution in [1.29, 1.82) is 0 Å². The minimum absolute atomic E-state index is 0. The Kier molecular flexibility index (Phi) is 9.02. The Balaban J connectivity index is 0. The molecular weight excluding hydrogens is 175 g/mol. The summed E-state index contributed by atoms with van der Waals surface area (Å²) in [6.07, 6.45) is -0.0869. The van der Waals surface area contributed by atoms with Gasteiger partial charge in [-0.3, -0.25) is 9.59 Å². The number of nitrogens with one attached hydrogen (secondary N) is 2. The van der Waals surface area contributed by atoms with Gasteiger partial charge in [0.25, 0.3) is 0 Å². The standard InChI is InChI=1S/C9H18N2O2.Li/c1-6(2)10-8(12)5-9(13)11-7(3)4;/h6-7H,5H2,1-4H3,(H,10,12)(H,11,13);. The largest absolute Gasteiger partial charge is 0.353 e. The van der Waals surface area contributed by atoms with Crippen LogP contribution in [0.5, 0.6) is 0 Å². The minimum atomic E-state index is -0.229. The molecule has 0 aromatic rings. The van der Waals surface area contributed by atoms with Crippen LogP contribution in [-0.2, 0) is 9.59 Å². The van der Waals surface area contributed by atoms with E-state index >= 15 is 0 Å². The average Bonchev–Trinajstić information content (AvgIpc) is 1.80. The van der Waals surface area contributed by atoms with Crippen LogP contribution in [0.15, 0.2) is 0 Å². The predicted octanol–water partition coefficient (Wildman–Crippen LogP) is 0.0449. The molecule has 5 heteroatoms. The first-order valence-corrected chi connectivity index (χ1v) is 4.50. The molecule has 0 unspecified atom stereocenters. The van der Waals surface area contributed by atoms with E-state index < -0.39 is 0 Å². The van der Waals surface area contributed by atoms with E-state index in [4.69, 9.17) is 0 Å². The van der Waals surface area contributed by atoms with Crippen molar-refractivity contribution in [3.63, 3.8) is 0 Å². The second kappa shape index (κ2) is 7.90. The summed E-state index contributed by atoms with van der Waals surface area (Å²) in [6, 6.07) is 0.165. The molecule has 77 valence electrons. The van der Waals surface area contributed by atoms with Gasteiger partial charge in [0, 0.05) is 30.9 Å². The summed E-state index contributed by atoms with van der Waals surface area (Å²) in [5.41, 5.74) is 0. The number of carbonyl (C=O) groups excluding carboxylic acids is 2. The third-order valence-electron chi connectivity index (χ3n) is 1.22. The fourth-order valence-corrected chi connectivity index (χ4v) is 0.892. The van der Waals surface area contributed by atoms with Gasteiger partial charge in [-0.15, -0.1) is 0 Å². The molecule has 1 radical (unpaired) electrons. The molecule has 4 nitrogen and oxygen atoms in total. The summed E-state index contributed by atoms with van der Waals surface area (Å²) in [5, 5.41) is 5.29. The van der Waals surface area contributed by atoms with Crippen LogP contribution in [0.2, 0.25) is 0 Å². The fraction of sp³-hybridized carbons (Fsp3) is 0.778. The van der Waals surface area contributed by atoms with Crippen LogP contribution in [-0.4, -0.2) is 42.8 Å². The first kappa shape index (κ1) is 16.0. The summed E-state index contributed by atoms with van der Waals surface area (Å²) < 4.78 is 0. The fourth-order valence-electron chi connectivity index (χ4n) is 0.892. The van der Waals surface area contributed by atoms with Gasteiger partial charge in [-0.2, -0.15) is 0 Å². The molecule has 0 saturated heterocycles. The van der Waals surface area contributed by atoms with E-state index in [1.807, 2.05) is 27.7 Å². The smallest absolute Gasteiger partial charge is 0.229 e. The second-order valence-electron chi connectivity index (χ2n) is 3.62. The molecule has 2 amide bonds. The molecule has 0 rings (SSSR count). The molecule has 0 saturated carbocycles. The molecule has 0 bridgehead atoms. The third kappa shape index (κ3) is 9.62. The van der Waals surface area contributed by atoms with E-state index in [0.29, 0.717) is 0 Å². The Morgan fingerprint density at radius 1 is 0.929 bits per heavy atom. The van der Waals surface area contributed by atoms with Crippen LogP contribution in [0, 0.1) is 0 Å². The van der Waals surface area contributed by atoms with Gasteiger partial charge in [0.1, 0.15) is 6.42 Å². The molecule has 14 heavy (non-hydrogen) atoms. The van der Waals surface area contributed by atoms with E-state index in [1.165, 1.54) is 0 Å². The van der Waals surface area contributed by atoms with Crippen LogP contribution in [0.1, 0.15) is 34.1 Å². The molecule has 0 spiro atoms. The number of rotatable bonds is 4. The third-order valence-corrected chi connectivity index (χ3v) is 1.22. The summed E-state index contributed by atoms with van der Waals surface area (Å²) >= 11 is 0. The van der Waals surface area contributed by atoms with Crippen LogP contribution in [0.25, 0.3) is 0 Å². The zero-order valence-corrected chi connectivity index (χ0v) is 9.68. The van der Waals surface area contributed by atoms with Gasteiger partial charge in [-0.1, -0.05) is 0 Å². The summed E-state index contributed by atoms with van der Waals surface area (Å²) in [5.74, 6) is -0.457. The van der Waals surface area contributed by atoms with Gasteiger partial charge in [0.15, 0.2) is 0 Å². The Morgan fingerprint density at radius 3 is 1.43 bits per heavy atom. The topological polar surface area (TPSA) is 58.2 Å². The maximum atomic E-state index is 11.1. The normalized spacial score (nSPS) is 9.57. The monoisotopic (exact) mass is 193 g/mol. The Hall–Kier alpha value is -0.463. The Labute approximate surface area is 97.4 Å². The van der Waals surface area contributed by atoms with Crippen molar-refractivity contribution in [2.75, 3.05) is 0 Å². The zero-order valence-electron chi connectivity index (χ0n) is 9.68. The van der Waals surface area contributed by atoms with Crippen LogP contribution in [0.3, 0.4) is 0 Å². The van der Waals surface area contributed by atoms with Gasteiger partial charge in [-0.05, 0) is 27.7 Å². The molecule has 0 atom stereocenters. The molecule has 0 fully saturated rings. The van der Waals surface area contributed by atoms with E-state index in [9.17, 15) is 9.59 Å².